The van der Waals surface area contributed by atoms with E-state index in [-0.39, 0.29) is 18.3 Å². The van der Waals surface area contributed by atoms with Gasteiger partial charge in [0.05, 0.1) is 20.0 Å². The van der Waals surface area contributed by atoms with Gasteiger partial charge in [0.1, 0.15) is 0 Å². The Kier molecular flexibility index (Phi) is 7.43. The third-order valence-corrected chi connectivity index (χ3v) is 3.55. The van der Waals surface area contributed by atoms with Crippen molar-refractivity contribution in [2.45, 2.75) is 26.7 Å². The van der Waals surface area contributed by atoms with E-state index < -0.39 is 0 Å². The molecule has 0 spiro atoms. The summed E-state index contributed by atoms with van der Waals surface area (Å²) < 4.78 is 5.62. The zero-order chi connectivity index (χ0) is 15.8. The van der Waals surface area contributed by atoms with Gasteiger partial charge in [-0.2, -0.15) is 0 Å². The molecule has 0 unspecified atom stereocenters. The number of ether oxygens (including phenoxy) is 1. The van der Waals surface area contributed by atoms with Gasteiger partial charge in [-0.3, -0.25) is 9.59 Å². The van der Waals surface area contributed by atoms with Crippen molar-refractivity contribution in [3.63, 3.8) is 0 Å². The highest BCUT2D eigenvalue weighted by Gasteiger charge is 2.16. The average Bonchev–Trinajstić information content (AvgIpc) is 2.45. The van der Waals surface area contributed by atoms with Crippen molar-refractivity contribution in [2.24, 2.45) is 5.92 Å². The third-order valence-electron chi connectivity index (χ3n) is 3.02. The van der Waals surface area contributed by atoms with Gasteiger partial charge in [0.15, 0.2) is 0 Å². The van der Waals surface area contributed by atoms with Gasteiger partial charge in [0.2, 0.25) is 5.91 Å². The smallest absolute Gasteiger partial charge is 0.307 e. The van der Waals surface area contributed by atoms with E-state index in [1.807, 2.05) is 24.3 Å². The number of carbonyl (C=O) groups excluding carboxylic acids is 2. The van der Waals surface area contributed by atoms with Crippen molar-refractivity contribution in [3.8, 4) is 0 Å². The molecule has 21 heavy (non-hydrogen) atoms. The molecule has 0 fully saturated rings. The molecule has 1 amide bonds. The molecule has 116 valence electrons. The molecule has 1 aromatic rings. The summed E-state index contributed by atoms with van der Waals surface area (Å²) in [6, 6.07) is 7.69. The van der Waals surface area contributed by atoms with E-state index in [0.29, 0.717) is 25.4 Å². The molecule has 5 heteroatoms. The van der Waals surface area contributed by atoms with Crippen LogP contribution in [-0.4, -0.2) is 37.0 Å². The topological polar surface area (TPSA) is 46.6 Å². The van der Waals surface area contributed by atoms with E-state index in [4.69, 9.17) is 0 Å². The Morgan fingerprint density at radius 2 is 1.86 bits per heavy atom. The van der Waals surface area contributed by atoms with E-state index in [9.17, 15) is 9.59 Å². The molecule has 0 saturated heterocycles. The fourth-order valence-corrected chi connectivity index (χ4v) is 2.24. The minimum Gasteiger partial charge on any atom is -0.469 e. The third kappa shape index (κ3) is 6.76. The maximum atomic E-state index is 12.4. The van der Waals surface area contributed by atoms with E-state index >= 15 is 0 Å². The van der Waals surface area contributed by atoms with Crippen LogP contribution in [0.1, 0.15) is 25.8 Å². The average molecular weight is 356 g/mol. The van der Waals surface area contributed by atoms with Crippen LogP contribution in [0, 0.1) is 5.92 Å². The number of hydrogen-bond acceptors (Lipinski definition) is 3. The van der Waals surface area contributed by atoms with Crippen molar-refractivity contribution in [1.29, 1.82) is 0 Å². The molecule has 0 aliphatic heterocycles. The van der Waals surface area contributed by atoms with Gasteiger partial charge in [0.25, 0.3) is 0 Å². The number of rotatable bonds is 7. The molecule has 0 aliphatic rings. The molecule has 0 radical (unpaired) electrons. The molecule has 1 aromatic carbocycles. The Balaban J connectivity index is 2.65. The molecule has 0 aromatic heterocycles. The summed E-state index contributed by atoms with van der Waals surface area (Å²) in [5.74, 6) is 0.103. The van der Waals surface area contributed by atoms with Crippen LogP contribution in [-0.2, 0) is 20.7 Å². The highest BCUT2D eigenvalue weighted by atomic mass is 79.9. The first-order valence-electron chi connectivity index (χ1n) is 7.01. The fraction of sp³-hybridized carbons (Fsp3) is 0.500. The number of esters is 1. The lowest BCUT2D eigenvalue weighted by Gasteiger charge is -2.24. The molecule has 0 aliphatic carbocycles. The van der Waals surface area contributed by atoms with E-state index in [1.54, 1.807) is 4.90 Å². The quantitative estimate of drug-likeness (QED) is 0.706. The van der Waals surface area contributed by atoms with Crippen LogP contribution in [0.25, 0.3) is 0 Å². The van der Waals surface area contributed by atoms with Crippen LogP contribution in [0.3, 0.4) is 0 Å². The number of carbonyl (C=O) groups is 2. The second-order valence-corrected chi connectivity index (χ2v) is 6.28. The van der Waals surface area contributed by atoms with Crippen LogP contribution in [0.4, 0.5) is 0 Å². The highest BCUT2D eigenvalue weighted by Crippen LogP contribution is 2.12. The van der Waals surface area contributed by atoms with Gasteiger partial charge in [-0.15, -0.1) is 0 Å². The summed E-state index contributed by atoms with van der Waals surface area (Å²) >= 11 is 3.38. The van der Waals surface area contributed by atoms with Gasteiger partial charge in [-0.05, 0) is 23.6 Å². The van der Waals surface area contributed by atoms with Crippen molar-refractivity contribution >= 4 is 27.8 Å². The minimum absolute atomic E-state index is 0.0370. The van der Waals surface area contributed by atoms with Gasteiger partial charge >= 0.3 is 5.97 Å². The standard InChI is InChI=1S/C16H22BrNO3/c1-12(2)11-18(9-8-16(20)21-3)15(19)10-13-4-6-14(17)7-5-13/h4-7,12H,8-11H2,1-3H3. The lowest BCUT2D eigenvalue weighted by Crippen LogP contribution is -2.37. The molecule has 0 N–H and O–H groups in total. The summed E-state index contributed by atoms with van der Waals surface area (Å²) in [6.07, 6.45) is 0.580. The molecular weight excluding hydrogens is 334 g/mol. The fourth-order valence-electron chi connectivity index (χ4n) is 1.98. The van der Waals surface area contributed by atoms with E-state index in [2.05, 4.69) is 34.5 Å². The molecule has 4 nitrogen and oxygen atoms in total. The molecule has 0 bridgehead atoms. The van der Waals surface area contributed by atoms with Crippen LogP contribution < -0.4 is 0 Å². The maximum absolute atomic E-state index is 12.4. The van der Waals surface area contributed by atoms with Crippen molar-refractivity contribution in [1.82, 2.24) is 4.90 Å². The zero-order valence-electron chi connectivity index (χ0n) is 12.8. The van der Waals surface area contributed by atoms with Crippen LogP contribution in [0.5, 0.6) is 0 Å². The number of methoxy groups -OCH3 is 1. The Morgan fingerprint density at radius 3 is 2.38 bits per heavy atom. The predicted octanol–water partition coefficient (Wildman–Crippen LogP) is 3.04. The van der Waals surface area contributed by atoms with Crippen LogP contribution >= 0.6 is 15.9 Å². The number of nitrogens with zero attached hydrogens (tertiary/aromatic N) is 1. The minimum atomic E-state index is -0.291. The van der Waals surface area contributed by atoms with Gasteiger partial charge in [-0.1, -0.05) is 41.9 Å². The number of hydrogen-bond donors (Lipinski definition) is 0. The lowest BCUT2D eigenvalue weighted by molar-refractivity contribution is -0.141. The number of halogens is 1. The number of benzene rings is 1. The summed E-state index contributed by atoms with van der Waals surface area (Å²) in [4.78, 5) is 25.4. The number of amides is 1. The van der Waals surface area contributed by atoms with Crippen molar-refractivity contribution < 1.29 is 14.3 Å². The summed E-state index contributed by atoms with van der Waals surface area (Å²) in [5.41, 5.74) is 0.968. The summed E-state index contributed by atoms with van der Waals surface area (Å²) in [7, 11) is 1.36. The van der Waals surface area contributed by atoms with Crippen LogP contribution in [0.2, 0.25) is 0 Å². The second-order valence-electron chi connectivity index (χ2n) is 5.36. The van der Waals surface area contributed by atoms with E-state index in [0.717, 1.165) is 10.0 Å². The Labute approximate surface area is 134 Å². The second kappa shape index (κ2) is 8.82. The highest BCUT2D eigenvalue weighted by molar-refractivity contribution is 9.10. The summed E-state index contributed by atoms with van der Waals surface area (Å²) in [5, 5.41) is 0. The summed E-state index contributed by atoms with van der Waals surface area (Å²) in [6.45, 7) is 5.16. The molecule has 0 atom stereocenters. The van der Waals surface area contributed by atoms with Crippen molar-refractivity contribution in [3.05, 3.63) is 34.3 Å². The first-order chi connectivity index (χ1) is 9.92. The lowest BCUT2D eigenvalue weighted by atomic mass is 10.1. The first-order valence-corrected chi connectivity index (χ1v) is 7.80. The van der Waals surface area contributed by atoms with Gasteiger partial charge in [0, 0.05) is 17.6 Å². The zero-order valence-corrected chi connectivity index (χ0v) is 14.4. The van der Waals surface area contributed by atoms with Crippen LogP contribution in [0.15, 0.2) is 28.7 Å². The largest absolute Gasteiger partial charge is 0.469 e. The van der Waals surface area contributed by atoms with Gasteiger partial charge in [-0.25, -0.2) is 0 Å². The Morgan fingerprint density at radius 1 is 1.24 bits per heavy atom. The normalized spacial score (nSPS) is 10.5. The maximum Gasteiger partial charge on any atom is 0.307 e. The predicted molar refractivity (Wildman–Crippen MR) is 85.9 cm³/mol. The van der Waals surface area contributed by atoms with Crippen molar-refractivity contribution in [2.75, 3.05) is 20.2 Å². The molecule has 0 saturated carbocycles. The first kappa shape index (κ1) is 17.7. The van der Waals surface area contributed by atoms with Gasteiger partial charge < -0.3 is 9.64 Å². The molecule has 1 rings (SSSR count). The van der Waals surface area contributed by atoms with E-state index in [1.165, 1.54) is 7.11 Å². The SMILES string of the molecule is COC(=O)CCN(CC(C)C)C(=O)Cc1ccc(Br)cc1. The monoisotopic (exact) mass is 355 g/mol. The molecule has 0 heterocycles. The Bertz CT molecular complexity index is 471. The Hall–Kier alpha value is -1.36. The molecular formula is C16H22BrNO3.